The van der Waals surface area contributed by atoms with Crippen molar-refractivity contribution in [1.29, 1.82) is 0 Å². The van der Waals surface area contributed by atoms with Gasteiger partial charge in [-0.15, -0.1) is 0 Å². The van der Waals surface area contributed by atoms with Gasteiger partial charge in [0, 0.05) is 18.0 Å². The van der Waals surface area contributed by atoms with Crippen molar-refractivity contribution in [1.82, 2.24) is 9.97 Å². The molecular weight excluding hydrogens is 278 g/mol. The molecule has 5 heteroatoms. The Labute approximate surface area is 130 Å². The second kappa shape index (κ2) is 6.30. The Balaban J connectivity index is 2.02. The van der Waals surface area contributed by atoms with E-state index in [4.69, 9.17) is 4.74 Å². The number of aromatic nitrogens is 2. The summed E-state index contributed by atoms with van der Waals surface area (Å²) in [7, 11) is 1.44. The molecule has 0 saturated carbocycles. The zero-order valence-electron chi connectivity index (χ0n) is 13.1. The van der Waals surface area contributed by atoms with Crippen LogP contribution in [0.1, 0.15) is 31.2 Å². The summed E-state index contributed by atoms with van der Waals surface area (Å²) >= 11 is 0. The normalized spacial score (nSPS) is 18.5. The van der Waals surface area contributed by atoms with Gasteiger partial charge < -0.3 is 9.64 Å². The smallest absolute Gasteiger partial charge is 0.307 e. The molecule has 2 aromatic rings. The Hall–Kier alpha value is -2.17. The summed E-state index contributed by atoms with van der Waals surface area (Å²) in [5, 5.41) is 1.08. The number of aryl methyl sites for hydroxylation is 1. The van der Waals surface area contributed by atoms with Crippen LogP contribution in [0.4, 0.5) is 5.82 Å². The molecule has 1 aliphatic rings. The molecule has 0 spiro atoms. The highest BCUT2D eigenvalue weighted by Gasteiger charge is 2.27. The van der Waals surface area contributed by atoms with Crippen LogP contribution in [0.25, 0.3) is 10.9 Å². The number of rotatable bonds is 3. The maximum absolute atomic E-state index is 11.7. The summed E-state index contributed by atoms with van der Waals surface area (Å²) in [4.78, 5) is 22.9. The quantitative estimate of drug-likeness (QED) is 0.816. The Morgan fingerprint density at radius 1 is 1.36 bits per heavy atom. The fourth-order valence-electron chi connectivity index (χ4n) is 3.25. The summed E-state index contributed by atoms with van der Waals surface area (Å²) < 4.78 is 4.85. The van der Waals surface area contributed by atoms with Crippen molar-refractivity contribution in [2.45, 2.75) is 38.6 Å². The zero-order valence-corrected chi connectivity index (χ0v) is 13.1. The lowest BCUT2D eigenvalue weighted by atomic mass is 9.98. The average Bonchev–Trinajstić information content (AvgIpc) is 2.55. The van der Waals surface area contributed by atoms with E-state index in [9.17, 15) is 4.79 Å². The van der Waals surface area contributed by atoms with Crippen LogP contribution in [0.5, 0.6) is 0 Å². The largest absolute Gasteiger partial charge is 0.469 e. The van der Waals surface area contributed by atoms with Gasteiger partial charge in [0.05, 0.1) is 19.0 Å². The molecule has 0 bridgehead atoms. The fourth-order valence-corrected chi connectivity index (χ4v) is 3.25. The van der Waals surface area contributed by atoms with E-state index in [-0.39, 0.29) is 12.0 Å². The van der Waals surface area contributed by atoms with E-state index in [0.717, 1.165) is 48.1 Å². The van der Waals surface area contributed by atoms with Gasteiger partial charge in [0.1, 0.15) is 12.1 Å². The lowest BCUT2D eigenvalue weighted by Gasteiger charge is -2.36. The molecular formula is C17H21N3O2. The molecule has 0 radical (unpaired) electrons. The first-order valence-electron chi connectivity index (χ1n) is 7.74. The zero-order chi connectivity index (χ0) is 15.5. The SMILES string of the molecule is COC(=O)C[C@H]1CCCCN1c1ncnc2cccc(C)c12. The van der Waals surface area contributed by atoms with Gasteiger partial charge in [-0.1, -0.05) is 12.1 Å². The Morgan fingerprint density at radius 2 is 2.23 bits per heavy atom. The molecule has 3 rings (SSSR count). The minimum atomic E-state index is -0.160. The molecule has 1 aromatic carbocycles. The van der Waals surface area contributed by atoms with E-state index in [1.807, 2.05) is 12.1 Å². The highest BCUT2D eigenvalue weighted by Crippen LogP contribution is 2.31. The molecule has 0 unspecified atom stereocenters. The third-order valence-electron chi connectivity index (χ3n) is 4.38. The van der Waals surface area contributed by atoms with E-state index < -0.39 is 0 Å². The van der Waals surface area contributed by atoms with Crippen LogP contribution in [-0.4, -0.2) is 35.6 Å². The summed E-state index contributed by atoms with van der Waals surface area (Å²) in [6, 6.07) is 6.25. The molecule has 2 heterocycles. The van der Waals surface area contributed by atoms with Crippen molar-refractivity contribution in [2.24, 2.45) is 0 Å². The summed E-state index contributed by atoms with van der Waals surface area (Å²) in [6.45, 7) is 3.00. The Morgan fingerprint density at radius 3 is 3.05 bits per heavy atom. The maximum Gasteiger partial charge on any atom is 0.307 e. The number of carbonyl (C=O) groups excluding carboxylic acids is 1. The van der Waals surface area contributed by atoms with Gasteiger partial charge in [-0.2, -0.15) is 0 Å². The Kier molecular flexibility index (Phi) is 4.22. The molecule has 0 amide bonds. The van der Waals surface area contributed by atoms with Crippen molar-refractivity contribution >= 4 is 22.7 Å². The van der Waals surface area contributed by atoms with Crippen LogP contribution < -0.4 is 4.90 Å². The summed E-state index contributed by atoms with van der Waals surface area (Å²) in [6.07, 6.45) is 5.27. The average molecular weight is 299 g/mol. The highest BCUT2D eigenvalue weighted by molar-refractivity contribution is 5.92. The molecule has 0 N–H and O–H groups in total. The van der Waals surface area contributed by atoms with Gasteiger partial charge in [-0.25, -0.2) is 9.97 Å². The lowest BCUT2D eigenvalue weighted by molar-refractivity contribution is -0.141. The first-order valence-corrected chi connectivity index (χ1v) is 7.74. The number of anilines is 1. The predicted octanol–water partition coefficient (Wildman–Crippen LogP) is 2.86. The van der Waals surface area contributed by atoms with Gasteiger partial charge in [0.2, 0.25) is 0 Å². The van der Waals surface area contributed by atoms with Crippen LogP contribution in [0.3, 0.4) is 0 Å². The number of benzene rings is 1. The summed E-state index contributed by atoms with van der Waals surface area (Å²) in [5.74, 6) is 0.781. The van der Waals surface area contributed by atoms with Gasteiger partial charge in [-0.3, -0.25) is 4.79 Å². The standard InChI is InChI=1S/C17H21N3O2/c1-12-6-5-8-14-16(12)17(19-11-18-14)20-9-4-3-7-13(20)10-15(21)22-2/h5-6,8,11,13H,3-4,7,9-10H2,1-2H3/t13-/m1/s1. The van der Waals surface area contributed by atoms with Crippen LogP contribution in [-0.2, 0) is 9.53 Å². The number of fused-ring (bicyclic) bond motifs is 1. The molecule has 1 atom stereocenters. The van der Waals surface area contributed by atoms with Crippen molar-refractivity contribution in [3.63, 3.8) is 0 Å². The summed E-state index contributed by atoms with van der Waals surface area (Å²) in [5.41, 5.74) is 2.11. The minimum Gasteiger partial charge on any atom is -0.469 e. The maximum atomic E-state index is 11.7. The van der Waals surface area contributed by atoms with E-state index in [1.165, 1.54) is 7.11 Å². The van der Waals surface area contributed by atoms with E-state index in [1.54, 1.807) is 6.33 Å². The third kappa shape index (κ3) is 2.75. The van der Waals surface area contributed by atoms with Crippen molar-refractivity contribution in [3.8, 4) is 0 Å². The van der Waals surface area contributed by atoms with Crippen LogP contribution in [0, 0.1) is 6.92 Å². The molecule has 1 aromatic heterocycles. The topological polar surface area (TPSA) is 55.3 Å². The number of piperidine rings is 1. The van der Waals surface area contributed by atoms with Gasteiger partial charge in [-0.05, 0) is 37.8 Å². The van der Waals surface area contributed by atoms with E-state index in [2.05, 4.69) is 27.9 Å². The fraction of sp³-hybridized carbons (Fsp3) is 0.471. The van der Waals surface area contributed by atoms with Crippen LogP contribution in [0.2, 0.25) is 0 Å². The van der Waals surface area contributed by atoms with Crippen molar-refractivity contribution in [2.75, 3.05) is 18.6 Å². The monoisotopic (exact) mass is 299 g/mol. The molecule has 1 fully saturated rings. The highest BCUT2D eigenvalue weighted by atomic mass is 16.5. The third-order valence-corrected chi connectivity index (χ3v) is 4.38. The van der Waals surface area contributed by atoms with Crippen molar-refractivity contribution < 1.29 is 9.53 Å². The van der Waals surface area contributed by atoms with Crippen LogP contribution >= 0.6 is 0 Å². The molecule has 22 heavy (non-hydrogen) atoms. The molecule has 0 aliphatic carbocycles. The van der Waals surface area contributed by atoms with Gasteiger partial charge >= 0.3 is 5.97 Å². The molecule has 1 aliphatic heterocycles. The first kappa shape index (κ1) is 14.8. The number of ether oxygens (including phenoxy) is 1. The number of methoxy groups -OCH3 is 1. The molecule has 116 valence electrons. The number of hydrogen-bond donors (Lipinski definition) is 0. The van der Waals surface area contributed by atoms with E-state index in [0.29, 0.717) is 6.42 Å². The van der Waals surface area contributed by atoms with E-state index >= 15 is 0 Å². The number of carbonyl (C=O) groups is 1. The number of nitrogens with zero attached hydrogens (tertiary/aromatic N) is 3. The lowest BCUT2D eigenvalue weighted by Crippen LogP contribution is -2.41. The van der Waals surface area contributed by atoms with Gasteiger partial charge in [0.15, 0.2) is 0 Å². The number of esters is 1. The second-order valence-corrected chi connectivity index (χ2v) is 5.79. The van der Waals surface area contributed by atoms with Crippen molar-refractivity contribution in [3.05, 3.63) is 30.1 Å². The second-order valence-electron chi connectivity index (χ2n) is 5.79. The molecule has 5 nitrogen and oxygen atoms in total. The number of hydrogen-bond acceptors (Lipinski definition) is 5. The van der Waals surface area contributed by atoms with Gasteiger partial charge in [0.25, 0.3) is 0 Å². The Bertz CT molecular complexity index is 681. The minimum absolute atomic E-state index is 0.152. The molecule has 1 saturated heterocycles. The first-order chi connectivity index (χ1) is 10.7. The van der Waals surface area contributed by atoms with Crippen LogP contribution in [0.15, 0.2) is 24.5 Å². The predicted molar refractivity (Wildman–Crippen MR) is 85.9 cm³/mol.